The van der Waals surface area contributed by atoms with Gasteiger partial charge in [0.05, 0.1) is 12.7 Å². The second-order valence-electron chi connectivity index (χ2n) is 4.25. The van der Waals surface area contributed by atoms with Crippen LogP contribution in [-0.4, -0.2) is 12.9 Å². The van der Waals surface area contributed by atoms with E-state index >= 15 is 0 Å². The van der Waals surface area contributed by atoms with Crippen LogP contribution in [0, 0.1) is 5.82 Å². The number of halogens is 4. The lowest BCUT2D eigenvalue weighted by Gasteiger charge is -2.10. The molecule has 0 heterocycles. The summed E-state index contributed by atoms with van der Waals surface area (Å²) in [5.74, 6) is -1.65. The highest BCUT2D eigenvalue weighted by Gasteiger charge is 2.34. The topological polar surface area (TPSA) is 26.3 Å². The van der Waals surface area contributed by atoms with Crippen LogP contribution in [0.1, 0.15) is 21.5 Å². The Morgan fingerprint density at radius 3 is 2.33 bits per heavy atom. The van der Waals surface area contributed by atoms with Gasteiger partial charge in [-0.3, -0.25) is 4.79 Å². The molecule has 0 N–H and O–H groups in total. The maximum absolute atomic E-state index is 13.2. The largest absolute Gasteiger partial charge is 0.497 e. The highest BCUT2D eigenvalue weighted by molar-refractivity contribution is 6.09. The van der Waals surface area contributed by atoms with Crippen LogP contribution in [0.15, 0.2) is 42.5 Å². The van der Waals surface area contributed by atoms with Gasteiger partial charge in [0.1, 0.15) is 11.6 Å². The van der Waals surface area contributed by atoms with E-state index in [0.717, 1.165) is 6.07 Å². The molecule has 0 radical (unpaired) electrons. The minimum absolute atomic E-state index is 0.161. The summed E-state index contributed by atoms with van der Waals surface area (Å²) in [6.07, 6.45) is -4.85. The van der Waals surface area contributed by atoms with Gasteiger partial charge in [0.15, 0.2) is 5.78 Å². The Hall–Kier alpha value is -2.37. The number of benzene rings is 2. The first-order valence-corrected chi connectivity index (χ1v) is 5.88. The van der Waals surface area contributed by atoms with Crippen LogP contribution >= 0.6 is 0 Å². The monoisotopic (exact) mass is 298 g/mol. The zero-order chi connectivity index (χ0) is 15.6. The van der Waals surface area contributed by atoms with Crippen molar-refractivity contribution in [2.24, 2.45) is 0 Å². The lowest BCUT2D eigenvalue weighted by molar-refractivity contribution is -0.140. The molecule has 0 spiro atoms. The highest BCUT2D eigenvalue weighted by Crippen LogP contribution is 2.32. The number of hydrogen-bond acceptors (Lipinski definition) is 2. The van der Waals surface area contributed by atoms with Gasteiger partial charge in [-0.25, -0.2) is 4.39 Å². The van der Waals surface area contributed by atoms with Gasteiger partial charge >= 0.3 is 6.18 Å². The molecule has 0 bridgehead atoms. The molecule has 6 heteroatoms. The normalized spacial score (nSPS) is 11.3. The number of alkyl halides is 3. The van der Waals surface area contributed by atoms with E-state index in [1.54, 1.807) is 12.1 Å². The van der Waals surface area contributed by atoms with Gasteiger partial charge in [0.25, 0.3) is 0 Å². The van der Waals surface area contributed by atoms with Crippen molar-refractivity contribution in [3.63, 3.8) is 0 Å². The lowest BCUT2D eigenvalue weighted by atomic mass is 10.0. The highest BCUT2D eigenvalue weighted by atomic mass is 19.4. The molecule has 2 aromatic carbocycles. The van der Waals surface area contributed by atoms with Crippen molar-refractivity contribution in [1.29, 1.82) is 0 Å². The molecular weight excluding hydrogens is 288 g/mol. The van der Waals surface area contributed by atoms with Gasteiger partial charge in [0.2, 0.25) is 0 Å². The molecule has 2 aromatic rings. The number of ketones is 1. The Labute approximate surface area is 118 Å². The van der Waals surface area contributed by atoms with Gasteiger partial charge in [-0.2, -0.15) is 13.2 Å². The number of ether oxygens (including phenoxy) is 1. The van der Waals surface area contributed by atoms with Crippen LogP contribution in [0.3, 0.4) is 0 Å². The molecule has 0 atom stereocenters. The molecular formula is C15H10F4O2. The van der Waals surface area contributed by atoms with E-state index in [1.165, 1.54) is 19.2 Å². The standard InChI is InChI=1S/C15H10F4O2/c1-21-11-4-2-3-9(7-11)14(20)10-5-6-13(16)12(8-10)15(17,18)19/h2-8H,1H3. The Morgan fingerprint density at radius 2 is 1.71 bits per heavy atom. The zero-order valence-electron chi connectivity index (χ0n) is 10.9. The Balaban J connectivity index is 2.44. The lowest BCUT2D eigenvalue weighted by Crippen LogP contribution is -2.11. The minimum Gasteiger partial charge on any atom is -0.497 e. The molecule has 0 fully saturated rings. The molecule has 2 nitrogen and oxygen atoms in total. The van der Waals surface area contributed by atoms with Gasteiger partial charge in [-0.1, -0.05) is 12.1 Å². The molecule has 0 aromatic heterocycles. The molecule has 21 heavy (non-hydrogen) atoms. The summed E-state index contributed by atoms with van der Waals surface area (Å²) in [6, 6.07) is 8.16. The third-order valence-electron chi connectivity index (χ3n) is 2.87. The summed E-state index contributed by atoms with van der Waals surface area (Å²) < 4.78 is 56.1. The molecule has 0 saturated carbocycles. The Bertz CT molecular complexity index is 678. The van der Waals surface area contributed by atoms with Crippen molar-refractivity contribution in [2.45, 2.75) is 6.18 Å². The van der Waals surface area contributed by atoms with Crippen molar-refractivity contribution in [1.82, 2.24) is 0 Å². The second-order valence-corrected chi connectivity index (χ2v) is 4.25. The van der Waals surface area contributed by atoms with Gasteiger partial charge < -0.3 is 4.74 Å². The van der Waals surface area contributed by atoms with E-state index in [9.17, 15) is 22.4 Å². The molecule has 110 valence electrons. The summed E-state index contributed by atoms with van der Waals surface area (Å²) in [5.41, 5.74) is -1.54. The third kappa shape index (κ3) is 3.21. The van der Waals surface area contributed by atoms with Crippen molar-refractivity contribution in [3.8, 4) is 5.75 Å². The number of carbonyl (C=O) groups is 1. The molecule has 2 rings (SSSR count). The molecule has 0 amide bonds. The van der Waals surface area contributed by atoms with Crippen LogP contribution in [-0.2, 0) is 6.18 Å². The zero-order valence-corrected chi connectivity index (χ0v) is 10.9. The summed E-state index contributed by atoms with van der Waals surface area (Å²) in [6.45, 7) is 0. The first kappa shape index (κ1) is 15.0. The van der Waals surface area contributed by atoms with Gasteiger partial charge in [-0.15, -0.1) is 0 Å². The summed E-state index contributed by atoms with van der Waals surface area (Å²) in [5, 5.41) is 0. The number of rotatable bonds is 3. The van der Waals surface area contributed by atoms with Gasteiger partial charge in [0, 0.05) is 11.1 Å². The molecule has 0 unspecified atom stereocenters. The van der Waals surface area contributed by atoms with E-state index in [2.05, 4.69) is 0 Å². The van der Waals surface area contributed by atoms with E-state index < -0.39 is 23.3 Å². The first-order chi connectivity index (χ1) is 9.82. The summed E-state index contributed by atoms with van der Waals surface area (Å²) in [7, 11) is 1.41. The van der Waals surface area contributed by atoms with Gasteiger partial charge in [-0.05, 0) is 30.3 Å². The maximum Gasteiger partial charge on any atom is 0.419 e. The fraction of sp³-hybridized carbons (Fsp3) is 0.133. The fourth-order valence-corrected chi connectivity index (χ4v) is 1.81. The van der Waals surface area contributed by atoms with Crippen LogP contribution in [0.4, 0.5) is 17.6 Å². The molecule has 0 aliphatic heterocycles. The van der Waals surface area contributed by atoms with Crippen molar-refractivity contribution in [2.75, 3.05) is 7.11 Å². The molecule has 0 aliphatic carbocycles. The third-order valence-corrected chi connectivity index (χ3v) is 2.87. The molecule has 0 saturated heterocycles. The average molecular weight is 298 g/mol. The van der Waals surface area contributed by atoms with Crippen molar-refractivity contribution < 1.29 is 27.1 Å². The first-order valence-electron chi connectivity index (χ1n) is 5.88. The number of carbonyl (C=O) groups excluding carboxylic acids is 1. The minimum atomic E-state index is -4.85. The SMILES string of the molecule is COc1cccc(C(=O)c2ccc(F)c(C(F)(F)F)c2)c1. The van der Waals surface area contributed by atoms with Crippen LogP contribution in [0.25, 0.3) is 0 Å². The van der Waals surface area contributed by atoms with E-state index in [4.69, 9.17) is 4.74 Å². The van der Waals surface area contributed by atoms with E-state index in [-0.39, 0.29) is 11.1 Å². The number of methoxy groups -OCH3 is 1. The predicted octanol–water partition coefficient (Wildman–Crippen LogP) is 4.08. The van der Waals surface area contributed by atoms with Crippen LogP contribution in [0.2, 0.25) is 0 Å². The Morgan fingerprint density at radius 1 is 1.05 bits per heavy atom. The van der Waals surface area contributed by atoms with Crippen molar-refractivity contribution >= 4 is 5.78 Å². The van der Waals surface area contributed by atoms with Crippen molar-refractivity contribution in [3.05, 3.63) is 65.0 Å². The summed E-state index contributed by atoms with van der Waals surface area (Å²) >= 11 is 0. The van der Waals surface area contributed by atoms with E-state index in [0.29, 0.717) is 17.9 Å². The molecule has 0 aliphatic rings. The Kier molecular flexibility index (Phi) is 3.97. The number of hydrogen-bond donors (Lipinski definition) is 0. The van der Waals surface area contributed by atoms with E-state index in [1.807, 2.05) is 0 Å². The predicted molar refractivity (Wildman–Crippen MR) is 67.8 cm³/mol. The summed E-state index contributed by atoms with van der Waals surface area (Å²) in [4.78, 5) is 12.2. The smallest absolute Gasteiger partial charge is 0.419 e. The second kappa shape index (κ2) is 5.55. The average Bonchev–Trinajstić information content (AvgIpc) is 2.46. The van der Waals surface area contributed by atoms with Crippen LogP contribution < -0.4 is 4.74 Å². The van der Waals surface area contributed by atoms with Crippen LogP contribution in [0.5, 0.6) is 5.75 Å². The quantitative estimate of drug-likeness (QED) is 0.630. The fourth-order valence-electron chi connectivity index (χ4n) is 1.81. The maximum atomic E-state index is 13.2.